The van der Waals surface area contributed by atoms with Crippen molar-refractivity contribution in [1.82, 2.24) is 5.32 Å². The SMILES string of the molecule is CC1(CNC(=O)C(N)CC(N)=O)CCC1. The van der Waals surface area contributed by atoms with Crippen molar-refractivity contribution in [3.63, 3.8) is 0 Å². The fourth-order valence-corrected chi connectivity index (χ4v) is 1.70. The summed E-state index contributed by atoms with van der Waals surface area (Å²) >= 11 is 0. The van der Waals surface area contributed by atoms with Crippen molar-refractivity contribution in [1.29, 1.82) is 0 Å². The Morgan fingerprint density at radius 2 is 2.07 bits per heavy atom. The second-order valence-corrected chi connectivity index (χ2v) is 4.66. The lowest BCUT2D eigenvalue weighted by atomic mass is 9.70. The summed E-state index contributed by atoms with van der Waals surface area (Å²) in [6.07, 6.45) is 3.40. The van der Waals surface area contributed by atoms with Gasteiger partial charge in [0.15, 0.2) is 0 Å². The van der Waals surface area contributed by atoms with Crippen LogP contribution in [0.15, 0.2) is 0 Å². The van der Waals surface area contributed by atoms with Gasteiger partial charge >= 0.3 is 0 Å². The molecule has 0 spiro atoms. The number of primary amides is 1. The number of carbonyl (C=O) groups is 2. The van der Waals surface area contributed by atoms with Crippen molar-refractivity contribution in [2.24, 2.45) is 16.9 Å². The average Bonchev–Trinajstić information content (AvgIpc) is 2.10. The maximum absolute atomic E-state index is 11.4. The van der Waals surface area contributed by atoms with Crippen molar-refractivity contribution in [3.8, 4) is 0 Å². The number of hydrogen-bond acceptors (Lipinski definition) is 3. The van der Waals surface area contributed by atoms with Gasteiger partial charge in [-0.05, 0) is 18.3 Å². The first-order valence-electron chi connectivity index (χ1n) is 5.24. The molecule has 1 unspecified atom stereocenters. The Labute approximate surface area is 89.6 Å². The van der Waals surface area contributed by atoms with Crippen LogP contribution in [0, 0.1) is 5.41 Å². The van der Waals surface area contributed by atoms with Crippen LogP contribution in [-0.4, -0.2) is 24.4 Å². The molecular formula is C10H19N3O2. The van der Waals surface area contributed by atoms with E-state index in [1.165, 1.54) is 6.42 Å². The molecule has 1 fully saturated rings. The molecule has 1 saturated carbocycles. The Kier molecular flexibility index (Phi) is 3.68. The third kappa shape index (κ3) is 3.51. The fraction of sp³-hybridized carbons (Fsp3) is 0.800. The quantitative estimate of drug-likeness (QED) is 0.574. The summed E-state index contributed by atoms with van der Waals surface area (Å²) in [5.41, 5.74) is 10.7. The van der Waals surface area contributed by atoms with Gasteiger partial charge in [-0.15, -0.1) is 0 Å². The first kappa shape index (κ1) is 12.0. The third-order valence-corrected chi connectivity index (χ3v) is 3.01. The van der Waals surface area contributed by atoms with E-state index in [1.54, 1.807) is 0 Å². The standard InChI is InChI=1S/C10H19N3O2/c1-10(3-2-4-10)6-13-9(15)7(11)5-8(12)14/h7H,2-6,11H2,1H3,(H2,12,14)(H,13,15). The summed E-state index contributed by atoms with van der Waals surface area (Å²) in [6, 6.07) is -0.814. The highest BCUT2D eigenvalue weighted by Crippen LogP contribution is 2.39. The smallest absolute Gasteiger partial charge is 0.237 e. The molecule has 0 aromatic heterocycles. The van der Waals surface area contributed by atoms with E-state index in [2.05, 4.69) is 12.2 Å². The Morgan fingerprint density at radius 3 is 2.47 bits per heavy atom. The zero-order valence-electron chi connectivity index (χ0n) is 9.08. The fourth-order valence-electron chi connectivity index (χ4n) is 1.70. The molecule has 0 aromatic rings. The van der Waals surface area contributed by atoms with E-state index in [-0.39, 0.29) is 17.7 Å². The molecule has 2 amide bonds. The second kappa shape index (κ2) is 4.61. The highest BCUT2D eigenvalue weighted by Gasteiger charge is 2.32. The highest BCUT2D eigenvalue weighted by molar-refractivity contribution is 5.87. The van der Waals surface area contributed by atoms with Gasteiger partial charge in [0, 0.05) is 6.54 Å². The number of amides is 2. The van der Waals surface area contributed by atoms with Crippen molar-refractivity contribution in [3.05, 3.63) is 0 Å². The van der Waals surface area contributed by atoms with Gasteiger partial charge < -0.3 is 16.8 Å². The van der Waals surface area contributed by atoms with E-state index < -0.39 is 11.9 Å². The molecule has 0 bridgehead atoms. The molecule has 0 heterocycles. The molecule has 1 aliphatic carbocycles. The molecule has 0 saturated heterocycles. The van der Waals surface area contributed by atoms with E-state index in [0.717, 1.165) is 12.8 Å². The van der Waals surface area contributed by atoms with E-state index in [1.807, 2.05) is 0 Å². The number of hydrogen-bond donors (Lipinski definition) is 3. The van der Waals surface area contributed by atoms with Crippen LogP contribution in [-0.2, 0) is 9.59 Å². The number of carbonyl (C=O) groups excluding carboxylic acids is 2. The van der Waals surface area contributed by atoms with Crippen LogP contribution in [0.1, 0.15) is 32.6 Å². The minimum atomic E-state index is -0.814. The normalized spacial score (nSPS) is 20.1. The molecule has 1 rings (SSSR count). The van der Waals surface area contributed by atoms with Gasteiger partial charge in [-0.3, -0.25) is 9.59 Å². The van der Waals surface area contributed by atoms with Gasteiger partial charge in [0.25, 0.3) is 0 Å². The Morgan fingerprint density at radius 1 is 1.47 bits per heavy atom. The molecule has 1 atom stereocenters. The largest absolute Gasteiger partial charge is 0.370 e. The molecule has 86 valence electrons. The average molecular weight is 213 g/mol. The molecular weight excluding hydrogens is 194 g/mol. The molecule has 1 aliphatic rings. The highest BCUT2D eigenvalue weighted by atomic mass is 16.2. The van der Waals surface area contributed by atoms with Crippen LogP contribution in [0.3, 0.4) is 0 Å². The Balaban J connectivity index is 2.25. The van der Waals surface area contributed by atoms with Crippen LogP contribution in [0.25, 0.3) is 0 Å². The van der Waals surface area contributed by atoms with E-state index in [4.69, 9.17) is 11.5 Å². The van der Waals surface area contributed by atoms with Crippen molar-refractivity contribution >= 4 is 11.8 Å². The summed E-state index contributed by atoms with van der Waals surface area (Å²) in [7, 11) is 0. The van der Waals surface area contributed by atoms with Crippen LogP contribution < -0.4 is 16.8 Å². The zero-order valence-corrected chi connectivity index (χ0v) is 9.08. The van der Waals surface area contributed by atoms with E-state index in [9.17, 15) is 9.59 Å². The van der Waals surface area contributed by atoms with Gasteiger partial charge in [-0.2, -0.15) is 0 Å². The number of nitrogens with one attached hydrogen (secondary N) is 1. The van der Waals surface area contributed by atoms with Crippen molar-refractivity contribution in [2.75, 3.05) is 6.54 Å². The van der Waals surface area contributed by atoms with E-state index >= 15 is 0 Å². The Bertz CT molecular complexity index is 261. The zero-order chi connectivity index (χ0) is 11.5. The van der Waals surface area contributed by atoms with Crippen LogP contribution >= 0.6 is 0 Å². The van der Waals surface area contributed by atoms with Gasteiger partial charge in [0.05, 0.1) is 12.5 Å². The number of nitrogens with two attached hydrogens (primary N) is 2. The lowest BCUT2D eigenvalue weighted by Gasteiger charge is -2.38. The summed E-state index contributed by atoms with van der Waals surface area (Å²) in [4.78, 5) is 22.0. The second-order valence-electron chi connectivity index (χ2n) is 4.66. The van der Waals surface area contributed by atoms with Crippen LogP contribution in [0.4, 0.5) is 0 Å². The van der Waals surface area contributed by atoms with Gasteiger partial charge in [-0.25, -0.2) is 0 Å². The van der Waals surface area contributed by atoms with Crippen molar-refractivity contribution < 1.29 is 9.59 Å². The van der Waals surface area contributed by atoms with Crippen molar-refractivity contribution in [2.45, 2.75) is 38.6 Å². The van der Waals surface area contributed by atoms with Gasteiger partial charge in [0.2, 0.25) is 11.8 Å². The van der Waals surface area contributed by atoms with Gasteiger partial charge in [0.1, 0.15) is 0 Å². The predicted octanol–water partition coefficient (Wildman–Crippen LogP) is -0.505. The molecule has 0 aliphatic heterocycles. The molecule has 0 radical (unpaired) electrons. The van der Waals surface area contributed by atoms with Crippen LogP contribution in [0.5, 0.6) is 0 Å². The van der Waals surface area contributed by atoms with Gasteiger partial charge in [-0.1, -0.05) is 13.3 Å². The topological polar surface area (TPSA) is 98.2 Å². The molecule has 15 heavy (non-hydrogen) atoms. The van der Waals surface area contributed by atoms with E-state index in [0.29, 0.717) is 6.54 Å². The molecule has 5 N–H and O–H groups in total. The molecule has 5 nitrogen and oxygen atoms in total. The maximum atomic E-state index is 11.4. The lowest BCUT2D eigenvalue weighted by molar-refractivity contribution is -0.126. The summed E-state index contributed by atoms with van der Waals surface area (Å²) in [6.45, 7) is 2.77. The lowest BCUT2D eigenvalue weighted by Crippen LogP contribution is -2.47. The minimum Gasteiger partial charge on any atom is -0.370 e. The monoisotopic (exact) mass is 213 g/mol. The summed E-state index contributed by atoms with van der Waals surface area (Å²) in [5.74, 6) is -0.838. The third-order valence-electron chi connectivity index (χ3n) is 3.01. The predicted molar refractivity (Wildman–Crippen MR) is 56.8 cm³/mol. The number of rotatable bonds is 5. The summed E-state index contributed by atoms with van der Waals surface area (Å²) < 4.78 is 0. The Hall–Kier alpha value is -1.10. The van der Waals surface area contributed by atoms with Crippen LogP contribution in [0.2, 0.25) is 0 Å². The minimum absolute atomic E-state index is 0.0947. The summed E-state index contributed by atoms with van der Waals surface area (Å²) in [5, 5.41) is 2.76. The first-order valence-corrected chi connectivity index (χ1v) is 5.24. The molecule has 5 heteroatoms. The molecule has 0 aromatic carbocycles. The first-order chi connectivity index (χ1) is 6.93. The maximum Gasteiger partial charge on any atom is 0.237 e.